The van der Waals surface area contributed by atoms with E-state index in [0.717, 1.165) is 66.2 Å². The topological polar surface area (TPSA) is 89.6 Å². The van der Waals surface area contributed by atoms with Crippen molar-refractivity contribution in [2.24, 2.45) is 0 Å². The Balaban J connectivity index is 0.000000198. The summed E-state index contributed by atoms with van der Waals surface area (Å²) in [5.74, 6) is -0.0274. The van der Waals surface area contributed by atoms with Crippen LogP contribution in [0.1, 0.15) is 47.9 Å². The number of anilines is 2. The van der Waals surface area contributed by atoms with E-state index < -0.39 is 5.95 Å². The van der Waals surface area contributed by atoms with E-state index in [9.17, 15) is 13.6 Å². The van der Waals surface area contributed by atoms with E-state index in [1.165, 1.54) is 10.9 Å². The molecule has 4 heterocycles. The highest BCUT2D eigenvalue weighted by molar-refractivity contribution is 5.79. The fourth-order valence-electron chi connectivity index (χ4n) is 5.14. The summed E-state index contributed by atoms with van der Waals surface area (Å²) in [4.78, 5) is 17.2. The molecular weight excluding hydrogens is 504 g/mol. The third-order valence-electron chi connectivity index (χ3n) is 7.57. The maximum atomic E-state index is 14.1. The summed E-state index contributed by atoms with van der Waals surface area (Å²) >= 11 is 0. The molecule has 1 saturated carbocycles. The van der Waals surface area contributed by atoms with E-state index in [1.54, 1.807) is 13.1 Å². The van der Waals surface area contributed by atoms with Gasteiger partial charge in [0.2, 0.25) is 5.95 Å². The molecule has 1 aromatic carbocycles. The second-order valence-corrected chi connectivity index (χ2v) is 10.3. The van der Waals surface area contributed by atoms with Crippen molar-refractivity contribution in [3.63, 3.8) is 0 Å². The maximum Gasteiger partial charge on any atom is 0.222 e. The Labute approximate surface area is 225 Å². The summed E-state index contributed by atoms with van der Waals surface area (Å²) in [6.07, 6.45) is 6.71. The second kappa shape index (κ2) is 10.7. The van der Waals surface area contributed by atoms with Gasteiger partial charge in [-0.15, -0.1) is 0 Å². The van der Waals surface area contributed by atoms with Gasteiger partial charge >= 0.3 is 0 Å². The summed E-state index contributed by atoms with van der Waals surface area (Å²) in [5.41, 5.74) is 5.03. The molecule has 0 atom stereocenters. The standard InChI is InChI=1S/C19H22FN5O.C9H11FN2O/c1-12-8-16(20)17(21-3)10-15(12)14-9-18(24-4-6-26-7-5-24)19-22-13(2)23-25(19)11-14;1-9(3-2-4-9)12-8(10)7(6-13)5-11-12/h8-11,21H,4-7H2,1-3H3;5-6H,2-4H2,1H3. The second-order valence-electron chi connectivity index (χ2n) is 10.3. The Kier molecular flexibility index (Phi) is 7.35. The number of nitrogens with zero attached hydrogens (tertiary/aromatic N) is 6. The number of fused-ring (bicyclic) bond motifs is 1. The van der Waals surface area contributed by atoms with Crippen LogP contribution >= 0.6 is 0 Å². The Hall–Kier alpha value is -3.86. The van der Waals surface area contributed by atoms with Crippen LogP contribution in [0.15, 0.2) is 30.6 Å². The molecule has 11 heteroatoms. The molecule has 4 aromatic rings. The predicted octanol–water partition coefficient (Wildman–Crippen LogP) is 4.76. The van der Waals surface area contributed by atoms with Crippen LogP contribution in [0.25, 0.3) is 16.8 Å². The van der Waals surface area contributed by atoms with Gasteiger partial charge in [-0.2, -0.15) is 14.6 Å². The molecule has 0 bridgehead atoms. The molecule has 6 rings (SSSR count). The van der Waals surface area contributed by atoms with Gasteiger partial charge in [0.15, 0.2) is 11.9 Å². The van der Waals surface area contributed by atoms with Crippen LogP contribution in [0, 0.1) is 25.6 Å². The SMILES string of the molecule is CC1(n2ncc(C=O)c2F)CCC1.CNc1cc(-c2cc(N3CCOCC3)c3nc(C)nn3c2)c(C)cc1F. The smallest absolute Gasteiger partial charge is 0.222 e. The van der Waals surface area contributed by atoms with Crippen LogP contribution in [0.5, 0.6) is 0 Å². The van der Waals surface area contributed by atoms with E-state index in [-0.39, 0.29) is 16.9 Å². The van der Waals surface area contributed by atoms with Crippen LogP contribution < -0.4 is 10.2 Å². The zero-order valence-corrected chi connectivity index (χ0v) is 22.7. The normalized spacial score (nSPS) is 16.4. The molecule has 1 aliphatic carbocycles. The highest BCUT2D eigenvalue weighted by Gasteiger charge is 2.37. The minimum Gasteiger partial charge on any atom is -0.386 e. The summed E-state index contributed by atoms with van der Waals surface area (Å²) in [7, 11) is 1.72. The minimum atomic E-state index is -0.503. The van der Waals surface area contributed by atoms with Gasteiger partial charge in [0.05, 0.1) is 41.9 Å². The van der Waals surface area contributed by atoms with Crippen molar-refractivity contribution < 1.29 is 18.3 Å². The molecule has 1 saturated heterocycles. The largest absolute Gasteiger partial charge is 0.386 e. The number of pyridine rings is 1. The summed E-state index contributed by atoms with van der Waals surface area (Å²) in [6.45, 7) is 8.79. The van der Waals surface area contributed by atoms with Crippen molar-refractivity contribution in [3.8, 4) is 11.1 Å². The molecule has 0 unspecified atom stereocenters. The van der Waals surface area contributed by atoms with E-state index in [0.29, 0.717) is 25.2 Å². The number of nitrogens with one attached hydrogen (secondary N) is 1. The minimum absolute atomic E-state index is 0.0492. The molecule has 0 radical (unpaired) electrons. The van der Waals surface area contributed by atoms with Gasteiger partial charge in [0, 0.05) is 31.9 Å². The molecule has 2 fully saturated rings. The van der Waals surface area contributed by atoms with Gasteiger partial charge in [0.25, 0.3) is 0 Å². The first-order chi connectivity index (χ1) is 18.7. The van der Waals surface area contributed by atoms with Crippen molar-refractivity contribution in [1.82, 2.24) is 24.4 Å². The lowest BCUT2D eigenvalue weighted by Crippen LogP contribution is -2.39. The Morgan fingerprint density at radius 2 is 1.87 bits per heavy atom. The van der Waals surface area contributed by atoms with Gasteiger partial charge in [-0.1, -0.05) is 0 Å². The van der Waals surface area contributed by atoms with Crippen LogP contribution in [0.3, 0.4) is 0 Å². The summed E-state index contributed by atoms with van der Waals surface area (Å²) < 4.78 is 36.1. The fourth-order valence-corrected chi connectivity index (χ4v) is 5.14. The number of aldehydes is 1. The molecule has 0 spiro atoms. The number of carbonyl (C=O) groups is 1. The van der Waals surface area contributed by atoms with Crippen LogP contribution in [-0.2, 0) is 10.3 Å². The molecular formula is C28H33F2N7O2. The number of halogens is 2. The molecule has 206 valence electrons. The van der Waals surface area contributed by atoms with Gasteiger partial charge in [-0.25, -0.2) is 18.6 Å². The van der Waals surface area contributed by atoms with Crippen LogP contribution in [-0.4, -0.2) is 64.0 Å². The molecule has 9 nitrogen and oxygen atoms in total. The van der Waals surface area contributed by atoms with E-state index >= 15 is 0 Å². The molecule has 1 aliphatic heterocycles. The monoisotopic (exact) mass is 537 g/mol. The zero-order valence-electron chi connectivity index (χ0n) is 22.7. The lowest BCUT2D eigenvalue weighted by Gasteiger charge is -2.38. The molecule has 39 heavy (non-hydrogen) atoms. The number of aromatic nitrogens is 5. The number of hydrogen-bond donors (Lipinski definition) is 1. The van der Waals surface area contributed by atoms with Crippen molar-refractivity contribution in [1.29, 1.82) is 0 Å². The van der Waals surface area contributed by atoms with Crippen molar-refractivity contribution in [2.75, 3.05) is 43.6 Å². The highest BCUT2D eigenvalue weighted by Crippen LogP contribution is 2.39. The van der Waals surface area contributed by atoms with E-state index in [1.807, 2.05) is 37.5 Å². The maximum absolute atomic E-state index is 14.1. The van der Waals surface area contributed by atoms with Gasteiger partial charge in [-0.3, -0.25) is 4.79 Å². The number of ether oxygens (including phenoxy) is 1. The third kappa shape index (κ3) is 5.10. The number of morpholine rings is 1. The average molecular weight is 538 g/mol. The lowest BCUT2D eigenvalue weighted by atomic mass is 9.79. The molecule has 2 aliphatic rings. The first kappa shape index (κ1) is 26.7. The Bertz CT molecular complexity index is 1500. The molecule has 3 aromatic heterocycles. The number of hydrogen-bond acceptors (Lipinski definition) is 7. The van der Waals surface area contributed by atoms with Crippen molar-refractivity contribution in [3.05, 3.63) is 59.3 Å². The lowest BCUT2D eigenvalue weighted by molar-refractivity contribution is 0.110. The molecule has 0 amide bonds. The van der Waals surface area contributed by atoms with Crippen LogP contribution in [0.4, 0.5) is 20.2 Å². The number of benzene rings is 1. The third-order valence-corrected chi connectivity index (χ3v) is 7.57. The average Bonchev–Trinajstić information content (AvgIpc) is 3.49. The quantitative estimate of drug-likeness (QED) is 0.367. The number of carbonyl (C=O) groups excluding carboxylic acids is 1. The fraction of sp³-hybridized carbons (Fsp3) is 0.429. The van der Waals surface area contributed by atoms with Crippen LogP contribution in [0.2, 0.25) is 0 Å². The highest BCUT2D eigenvalue weighted by atomic mass is 19.1. The number of rotatable bonds is 5. The zero-order chi connectivity index (χ0) is 27.7. The van der Waals surface area contributed by atoms with Crippen molar-refractivity contribution in [2.45, 2.75) is 45.6 Å². The van der Waals surface area contributed by atoms with Gasteiger partial charge in [-0.05, 0) is 69.4 Å². The van der Waals surface area contributed by atoms with Gasteiger partial charge in [0.1, 0.15) is 11.6 Å². The van der Waals surface area contributed by atoms with E-state index in [4.69, 9.17) is 4.74 Å². The predicted molar refractivity (Wildman–Crippen MR) is 146 cm³/mol. The Morgan fingerprint density at radius 1 is 1.13 bits per heavy atom. The van der Waals surface area contributed by atoms with E-state index in [2.05, 4.69) is 31.5 Å². The first-order valence-electron chi connectivity index (χ1n) is 13.1. The first-order valence-corrected chi connectivity index (χ1v) is 13.1. The van der Waals surface area contributed by atoms with Gasteiger partial charge < -0.3 is 15.0 Å². The summed E-state index contributed by atoms with van der Waals surface area (Å²) in [6, 6.07) is 5.53. The Morgan fingerprint density at radius 3 is 2.49 bits per heavy atom. The summed E-state index contributed by atoms with van der Waals surface area (Å²) in [5, 5.41) is 11.3. The number of aryl methyl sites for hydroxylation is 2. The molecule has 1 N–H and O–H groups in total. The van der Waals surface area contributed by atoms with Crippen molar-refractivity contribution >= 4 is 23.3 Å².